The van der Waals surface area contributed by atoms with Crippen LogP contribution in [0.2, 0.25) is 0 Å². The van der Waals surface area contributed by atoms with Crippen molar-refractivity contribution in [3.05, 3.63) is 15.1 Å². The summed E-state index contributed by atoms with van der Waals surface area (Å²) in [6.45, 7) is 9.85. The summed E-state index contributed by atoms with van der Waals surface area (Å²) >= 11 is 2.27. The SMILES string of the molecule is CCCNc1nc(C(OC)C(C)(C)C)nc(COC)c1I. The molecule has 0 radical (unpaired) electrons. The van der Waals surface area contributed by atoms with E-state index in [1.165, 1.54) is 0 Å². The first-order chi connectivity index (χ1) is 9.85. The third-order valence-electron chi connectivity index (χ3n) is 3.02. The Morgan fingerprint density at radius 1 is 1.24 bits per heavy atom. The van der Waals surface area contributed by atoms with Crippen LogP contribution in [0.25, 0.3) is 0 Å². The van der Waals surface area contributed by atoms with E-state index in [0.717, 1.165) is 28.0 Å². The highest BCUT2D eigenvalue weighted by molar-refractivity contribution is 14.1. The molecule has 0 saturated heterocycles. The van der Waals surface area contributed by atoms with E-state index >= 15 is 0 Å². The molecule has 1 heterocycles. The van der Waals surface area contributed by atoms with Crippen LogP contribution in [0, 0.1) is 8.99 Å². The van der Waals surface area contributed by atoms with Gasteiger partial charge in [-0.3, -0.25) is 0 Å². The second kappa shape index (κ2) is 8.24. The van der Waals surface area contributed by atoms with Gasteiger partial charge >= 0.3 is 0 Å². The zero-order valence-electron chi connectivity index (χ0n) is 13.8. The fourth-order valence-electron chi connectivity index (χ4n) is 2.07. The van der Waals surface area contributed by atoms with Crippen LogP contribution in [-0.2, 0) is 16.1 Å². The molecule has 0 saturated carbocycles. The van der Waals surface area contributed by atoms with Crippen LogP contribution < -0.4 is 5.32 Å². The summed E-state index contributed by atoms with van der Waals surface area (Å²) in [7, 11) is 3.38. The highest BCUT2D eigenvalue weighted by Crippen LogP contribution is 2.35. The number of nitrogens with one attached hydrogen (secondary N) is 1. The number of aromatic nitrogens is 2. The van der Waals surface area contributed by atoms with Crippen molar-refractivity contribution in [3.63, 3.8) is 0 Å². The first-order valence-electron chi connectivity index (χ1n) is 7.17. The number of hydrogen-bond acceptors (Lipinski definition) is 5. The zero-order chi connectivity index (χ0) is 16.0. The summed E-state index contributed by atoms with van der Waals surface area (Å²) in [5.41, 5.74) is 0.821. The Morgan fingerprint density at radius 2 is 1.90 bits per heavy atom. The lowest BCUT2D eigenvalue weighted by Crippen LogP contribution is -2.24. The van der Waals surface area contributed by atoms with Crippen LogP contribution >= 0.6 is 22.6 Å². The second-order valence-corrected chi connectivity index (χ2v) is 7.11. The third-order valence-corrected chi connectivity index (χ3v) is 4.15. The average molecular weight is 407 g/mol. The molecule has 0 aliphatic heterocycles. The monoisotopic (exact) mass is 407 g/mol. The maximum atomic E-state index is 5.64. The van der Waals surface area contributed by atoms with Crippen molar-refractivity contribution >= 4 is 28.4 Å². The summed E-state index contributed by atoms with van der Waals surface area (Å²) < 4.78 is 11.9. The maximum Gasteiger partial charge on any atom is 0.160 e. The van der Waals surface area contributed by atoms with Gasteiger partial charge in [0.2, 0.25) is 0 Å². The topological polar surface area (TPSA) is 56.3 Å². The third kappa shape index (κ3) is 5.03. The summed E-state index contributed by atoms with van der Waals surface area (Å²) in [6, 6.07) is 0. The van der Waals surface area contributed by atoms with Crippen LogP contribution in [0.3, 0.4) is 0 Å². The minimum absolute atomic E-state index is 0.0755. The Kier molecular flexibility index (Phi) is 7.29. The predicted molar refractivity (Wildman–Crippen MR) is 93.4 cm³/mol. The molecule has 0 spiro atoms. The largest absolute Gasteiger partial charge is 0.378 e. The second-order valence-electron chi connectivity index (χ2n) is 6.03. The lowest BCUT2D eigenvalue weighted by molar-refractivity contribution is 0.00832. The van der Waals surface area contributed by atoms with Gasteiger partial charge in [-0.1, -0.05) is 27.7 Å². The van der Waals surface area contributed by atoms with Crippen molar-refractivity contribution in [3.8, 4) is 0 Å². The molecule has 1 aromatic heterocycles. The van der Waals surface area contributed by atoms with Gasteiger partial charge in [0.25, 0.3) is 0 Å². The van der Waals surface area contributed by atoms with Crippen molar-refractivity contribution in [2.75, 3.05) is 26.1 Å². The van der Waals surface area contributed by atoms with E-state index in [9.17, 15) is 0 Å². The van der Waals surface area contributed by atoms with E-state index in [-0.39, 0.29) is 11.5 Å². The molecule has 1 unspecified atom stereocenters. The molecule has 120 valence electrons. The van der Waals surface area contributed by atoms with Gasteiger partial charge in [-0.25, -0.2) is 9.97 Å². The van der Waals surface area contributed by atoms with Gasteiger partial charge in [0, 0.05) is 20.8 Å². The molecule has 6 heteroatoms. The molecule has 0 amide bonds. The molecule has 0 aromatic carbocycles. The Bertz CT molecular complexity index is 461. The molecule has 1 N–H and O–H groups in total. The number of ether oxygens (including phenoxy) is 2. The van der Waals surface area contributed by atoms with Crippen molar-refractivity contribution in [1.29, 1.82) is 0 Å². The van der Waals surface area contributed by atoms with Crippen molar-refractivity contribution in [1.82, 2.24) is 9.97 Å². The normalized spacial score (nSPS) is 13.3. The molecule has 0 aliphatic rings. The molecular weight excluding hydrogens is 381 g/mol. The predicted octanol–water partition coefficient (Wildman–Crippen LogP) is 3.78. The first-order valence-corrected chi connectivity index (χ1v) is 8.24. The summed E-state index contributed by atoms with van der Waals surface area (Å²) in [6.07, 6.45) is 0.884. The van der Waals surface area contributed by atoms with Gasteiger partial charge in [0.05, 0.1) is 15.9 Å². The smallest absolute Gasteiger partial charge is 0.160 e. The quantitative estimate of drug-likeness (QED) is 0.698. The molecule has 0 aliphatic carbocycles. The highest BCUT2D eigenvalue weighted by Gasteiger charge is 2.30. The molecule has 21 heavy (non-hydrogen) atoms. The Morgan fingerprint density at radius 3 is 2.38 bits per heavy atom. The molecule has 1 rings (SSSR count). The highest BCUT2D eigenvalue weighted by atomic mass is 127. The van der Waals surface area contributed by atoms with Crippen LogP contribution in [0.1, 0.15) is 51.7 Å². The Labute approximate surface area is 141 Å². The van der Waals surface area contributed by atoms with E-state index in [4.69, 9.17) is 9.47 Å². The number of nitrogens with zero attached hydrogens (tertiary/aromatic N) is 2. The van der Waals surface area contributed by atoms with Crippen LogP contribution in [0.4, 0.5) is 5.82 Å². The number of hydrogen-bond donors (Lipinski definition) is 1. The molecule has 5 nitrogen and oxygen atoms in total. The van der Waals surface area contributed by atoms with Crippen LogP contribution in [0.5, 0.6) is 0 Å². The summed E-state index contributed by atoms with van der Waals surface area (Å²) in [4.78, 5) is 9.34. The van der Waals surface area contributed by atoms with E-state index < -0.39 is 0 Å². The first kappa shape index (κ1) is 18.6. The lowest BCUT2D eigenvalue weighted by atomic mass is 9.88. The fraction of sp³-hybridized carbons (Fsp3) is 0.733. The number of anilines is 1. The van der Waals surface area contributed by atoms with Gasteiger partial charge in [-0.15, -0.1) is 0 Å². The van der Waals surface area contributed by atoms with E-state index in [0.29, 0.717) is 12.4 Å². The number of rotatable bonds is 7. The van der Waals surface area contributed by atoms with Gasteiger partial charge < -0.3 is 14.8 Å². The molecule has 1 atom stereocenters. The standard InChI is InChI=1S/C15H26IN3O2/c1-7-8-17-13-11(16)10(9-20-5)18-14(19-13)12(21-6)15(2,3)4/h12H,7-9H2,1-6H3,(H,17,18,19). The Balaban J connectivity index is 3.27. The van der Waals surface area contributed by atoms with Gasteiger partial charge in [-0.2, -0.15) is 0 Å². The van der Waals surface area contributed by atoms with Crippen molar-refractivity contribution < 1.29 is 9.47 Å². The molecule has 1 aromatic rings. The average Bonchev–Trinajstić information content (AvgIpc) is 2.40. The van der Waals surface area contributed by atoms with Gasteiger partial charge in [0.15, 0.2) is 5.82 Å². The van der Waals surface area contributed by atoms with E-state index in [1.54, 1.807) is 14.2 Å². The van der Waals surface area contributed by atoms with Gasteiger partial charge in [0.1, 0.15) is 11.9 Å². The number of halogens is 1. The fourth-order valence-corrected chi connectivity index (χ4v) is 2.66. The molecule has 0 fully saturated rings. The van der Waals surface area contributed by atoms with E-state index in [2.05, 4.69) is 65.6 Å². The zero-order valence-corrected chi connectivity index (χ0v) is 15.9. The molecular formula is C15H26IN3O2. The number of methoxy groups -OCH3 is 2. The van der Waals surface area contributed by atoms with Crippen LogP contribution in [-0.4, -0.2) is 30.7 Å². The van der Waals surface area contributed by atoms with Crippen molar-refractivity contribution in [2.45, 2.75) is 46.8 Å². The minimum atomic E-state index is -0.160. The maximum absolute atomic E-state index is 5.64. The Hall–Kier alpha value is -0.470. The van der Waals surface area contributed by atoms with E-state index in [1.807, 2.05) is 0 Å². The van der Waals surface area contributed by atoms with Crippen LogP contribution in [0.15, 0.2) is 0 Å². The summed E-state index contributed by atoms with van der Waals surface area (Å²) in [5, 5.41) is 3.36. The van der Waals surface area contributed by atoms with Gasteiger partial charge in [-0.05, 0) is 34.4 Å². The lowest BCUT2D eigenvalue weighted by Gasteiger charge is -2.28. The summed E-state index contributed by atoms with van der Waals surface area (Å²) in [5.74, 6) is 1.57. The molecule has 0 bridgehead atoms. The minimum Gasteiger partial charge on any atom is -0.378 e. The van der Waals surface area contributed by atoms with Crippen molar-refractivity contribution in [2.24, 2.45) is 5.41 Å².